The summed E-state index contributed by atoms with van der Waals surface area (Å²) in [5, 5.41) is 3.88. The molecule has 0 fully saturated rings. The Kier molecular flexibility index (Phi) is 6.10. The van der Waals surface area contributed by atoms with E-state index in [4.69, 9.17) is 23.1 Å². The average molecular weight is 429 g/mol. The number of benzene rings is 3. The number of aliphatic imine (C=N–C) groups is 1. The smallest absolute Gasteiger partial charge is 0.165 e. The molecule has 0 saturated carbocycles. The van der Waals surface area contributed by atoms with Crippen LogP contribution in [0.2, 0.25) is 5.02 Å². The number of hydrogen-bond donors (Lipinski definition) is 3. The minimum absolute atomic E-state index is 0.274. The van der Waals surface area contributed by atoms with Crippen molar-refractivity contribution in [2.75, 3.05) is 11.1 Å². The van der Waals surface area contributed by atoms with Gasteiger partial charge in [-0.2, -0.15) is 0 Å². The lowest BCUT2D eigenvalue weighted by molar-refractivity contribution is 1.08. The predicted molar refractivity (Wildman–Crippen MR) is 127 cm³/mol. The van der Waals surface area contributed by atoms with E-state index in [1.165, 1.54) is 0 Å². The molecule has 6 nitrogen and oxygen atoms in total. The molecule has 31 heavy (non-hydrogen) atoms. The summed E-state index contributed by atoms with van der Waals surface area (Å²) in [7, 11) is 0. The fraction of sp³-hybridized carbons (Fsp3) is 0.0417. The standard InChI is InChI=1S/C24H21ClN6/c25-19-12-6-4-10-17(19)24-30-21(28-15-16-8-2-1-3-9-16)14-22(31-24)29-23(27)18-11-5-7-13-20(18)26/h1-14H,15,26H2,(H3,27,28,29,30,31). The maximum absolute atomic E-state index is 6.38. The number of nitrogens with two attached hydrogens (primary N) is 2. The van der Waals surface area contributed by atoms with E-state index in [1.807, 2.05) is 66.7 Å². The molecule has 154 valence electrons. The van der Waals surface area contributed by atoms with Gasteiger partial charge < -0.3 is 16.8 Å². The third-order valence-electron chi connectivity index (χ3n) is 4.62. The van der Waals surface area contributed by atoms with Crippen molar-refractivity contribution in [1.29, 1.82) is 0 Å². The first kappa shape index (κ1) is 20.4. The quantitative estimate of drug-likeness (QED) is 0.227. The van der Waals surface area contributed by atoms with Crippen molar-refractivity contribution >= 4 is 34.8 Å². The molecule has 0 aliphatic heterocycles. The molecule has 0 amide bonds. The van der Waals surface area contributed by atoms with Crippen molar-refractivity contribution in [1.82, 2.24) is 9.97 Å². The maximum atomic E-state index is 6.38. The van der Waals surface area contributed by atoms with Crippen LogP contribution in [0.4, 0.5) is 17.3 Å². The summed E-state index contributed by atoms with van der Waals surface area (Å²) in [6.45, 7) is 0.601. The van der Waals surface area contributed by atoms with Gasteiger partial charge in [-0.15, -0.1) is 0 Å². The van der Waals surface area contributed by atoms with Gasteiger partial charge in [0.15, 0.2) is 11.6 Å². The van der Waals surface area contributed by atoms with Crippen LogP contribution in [0.5, 0.6) is 0 Å². The first-order valence-electron chi connectivity index (χ1n) is 9.71. The predicted octanol–water partition coefficient (Wildman–Crippen LogP) is 5.03. The lowest BCUT2D eigenvalue weighted by Crippen LogP contribution is -2.15. The first-order chi connectivity index (χ1) is 15.1. The zero-order chi connectivity index (χ0) is 21.6. The number of amidine groups is 1. The average Bonchev–Trinajstić information content (AvgIpc) is 2.79. The monoisotopic (exact) mass is 428 g/mol. The third kappa shape index (κ3) is 4.99. The Balaban J connectivity index is 1.73. The van der Waals surface area contributed by atoms with Crippen molar-refractivity contribution in [2.24, 2.45) is 10.7 Å². The van der Waals surface area contributed by atoms with Gasteiger partial charge in [-0.05, 0) is 29.8 Å². The van der Waals surface area contributed by atoms with Crippen LogP contribution in [0.25, 0.3) is 11.4 Å². The molecule has 0 spiro atoms. The minimum Gasteiger partial charge on any atom is -0.398 e. The van der Waals surface area contributed by atoms with E-state index < -0.39 is 0 Å². The van der Waals surface area contributed by atoms with Crippen LogP contribution in [-0.2, 0) is 6.54 Å². The number of anilines is 2. The Labute approximate surface area is 185 Å². The van der Waals surface area contributed by atoms with Crippen LogP contribution in [0.3, 0.4) is 0 Å². The number of para-hydroxylation sites is 1. The Morgan fingerprint density at radius 3 is 2.39 bits per heavy atom. The van der Waals surface area contributed by atoms with Gasteiger partial charge in [-0.1, -0.05) is 66.2 Å². The van der Waals surface area contributed by atoms with Crippen LogP contribution in [-0.4, -0.2) is 15.8 Å². The van der Waals surface area contributed by atoms with Crippen molar-refractivity contribution in [3.8, 4) is 11.4 Å². The second-order valence-electron chi connectivity index (χ2n) is 6.84. The second-order valence-corrected chi connectivity index (χ2v) is 7.25. The molecule has 1 heterocycles. The summed E-state index contributed by atoms with van der Waals surface area (Å²) in [4.78, 5) is 13.7. The van der Waals surface area contributed by atoms with E-state index in [0.29, 0.717) is 45.8 Å². The van der Waals surface area contributed by atoms with Gasteiger partial charge in [0.1, 0.15) is 11.7 Å². The van der Waals surface area contributed by atoms with Gasteiger partial charge in [-0.25, -0.2) is 15.0 Å². The van der Waals surface area contributed by atoms with Crippen molar-refractivity contribution < 1.29 is 0 Å². The number of halogens is 1. The third-order valence-corrected chi connectivity index (χ3v) is 4.95. The van der Waals surface area contributed by atoms with Gasteiger partial charge in [-0.3, -0.25) is 0 Å². The second kappa shape index (κ2) is 9.28. The van der Waals surface area contributed by atoms with E-state index in [1.54, 1.807) is 18.2 Å². The zero-order valence-corrected chi connectivity index (χ0v) is 17.4. The highest BCUT2D eigenvalue weighted by Crippen LogP contribution is 2.28. The molecule has 0 saturated heterocycles. The summed E-state index contributed by atoms with van der Waals surface area (Å²) in [6.07, 6.45) is 0. The SMILES string of the molecule is NC(=Nc1cc(NCc2ccccc2)nc(-c2ccccc2Cl)n1)c1ccccc1N. The normalized spacial score (nSPS) is 11.3. The van der Waals surface area contributed by atoms with E-state index in [9.17, 15) is 0 Å². The number of hydrogen-bond acceptors (Lipinski definition) is 5. The van der Waals surface area contributed by atoms with Gasteiger partial charge in [0.25, 0.3) is 0 Å². The van der Waals surface area contributed by atoms with E-state index in [-0.39, 0.29) is 5.84 Å². The van der Waals surface area contributed by atoms with Gasteiger partial charge in [0.05, 0.1) is 5.02 Å². The van der Waals surface area contributed by atoms with Gasteiger partial charge >= 0.3 is 0 Å². The van der Waals surface area contributed by atoms with Crippen molar-refractivity contribution in [3.63, 3.8) is 0 Å². The fourth-order valence-corrected chi connectivity index (χ4v) is 3.27. The molecule has 0 aliphatic rings. The number of nitrogens with zero attached hydrogens (tertiary/aromatic N) is 3. The lowest BCUT2D eigenvalue weighted by Gasteiger charge is -2.10. The summed E-state index contributed by atoms with van der Waals surface area (Å²) < 4.78 is 0. The number of nitrogens with one attached hydrogen (secondary N) is 1. The Bertz CT molecular complexity index is 1220. The Morgan fingerprint density at radius 2 is 1.61 bits per heavy atom. The van der Waals surface area contributed by atoms with E-state index in [2.05, 4.69) is 20.3 Å². The summed E-state index contributed by atoms with van der Waals surface area (Å²) in [6, 6.07) is 26.5. The van der Waals surface area contributed by atoms with Crippen molar-refractivity contribution in [3.05, 3.63) is 101 Å². The first-order valence-corrected chi connectivity index (χ1v) is 10.1. The highest BCUT2D eigenvalue weighted by Gasteiger charge is 2.11. The number of aromatic nitrogens is 2. The van der Waals surface area contributed by atoms with Gasteiger partial charge in [0.2, 0.25) is 0 Å². The van der Waals surface area contributed by atoms with Crippen LogP contribution in [0.15, 0.2) is 89.9 Å². The molecule has 0 unspecified atom stereocenters. The molecular weight excluding hydrogens is 408 g/mol. The van der Waals surface area contributed by atoms with Crippen LogP contribution >= 0.6 is 11.6 Å². The summed E-state index contributed by atoms with van der Waals surface area (Å²) in [5.41, 5.74) is 15.3. The molecular formula is C24H21ClN6. The van der Waals surface area contributed by atoms with Gasteiger partial charge in [0, 0.05) is 29.4 Å². The lowest BCUT2D eigenvalue weighted by atomic mass is 10.1. The fourth-order valence-electron chi connectivity index (χ4n) is 3.05. The topological polar surface area (TPSA) is 102 Å². The number of rotatable bonds is 6. The van der Waals surface area contributed by atoms with E-state index in [0.717, 1.165) is 5.56 Å². The molecule has 3 aromatic carbocycles. The molecule has 0 radical (unpaired) electrons. The molecule has 0 atom stereocenters. The van der Waals surface area contributed by atoms with Crippen LogP contribution in [0, 0.1) is 0 Å². The Morgan fingerprint density at radius 1 is 0.903 bits per heavy atom. The molecule has 4 rings (SSSR count). The largest absolute Gasteiger partial charge is 0.398 e. The summed E-state index contributed by atoms with van der Waals surface area (Å²) >= 11 is 6.38. The molecule has 4 aromatic rings. The molecule has 7 heteroatoms. The molecule has 0 bridgehead atoms. The van der Waals surface area contributed by atoms with Crippen LogP contribution < -0.4 is 16.8 Å². The van der Waals surface area contributed by atoms with Crippen LogP contribution in [0.1, 0.15) is 11.1 Å². The van der Waals surface area contributed by atoms with Crippen molar-refractivity contribution in [2.45, 2.75) is 6.54 Å². The zero-order valence-electron chi connectivity index (χ0n) is 16.7. The highest BCUT2D eigenvalue weighted by molar-refractivity contribution is 6.33. The number of nitrogen functional groups attached to an aromatic ring is 1. The highest BCUT2D eigenvalue weighted by atomic mass is 35.5. The molecule has 0 aliphatic carbocycles. The molecule has 1 aromatic heterocycles. The Hall–Kier alpha value is -3.90. The summed E-state index contributed by atoms with van der Waals surface area (Å²) in [5.74, 6) is 1.75. The maximum Gasteiger partial charge on any atom is 0.165 e. The molecule has 5 N–H and O–H groups in total. The minimum atomic E-state index is 0.274. The van der Waals surface area contributed by atoms with E-state index >= 15 is 0 Å².